The molecule has 0 radical (unpaired) electrons. The van der Waals surface area contributed by atoms with Crippen molar-refractivity contribution in [1.29, 1.82) is 0 Å². The number of halogens is 1. The van der Waals surface area contributed by atoms with Gasteiger partial charge in [-0.2, -0.15) is 0 Å². The van der Waals surface area contributed by atoms with Crippen molar-refractivity contribution >= 4 is 29.9 Å². The van der Waals surface area contributed by atoms with Crippen LogP contribution in [0.5, 0.6) is 0 Å². The van der Waals surface area contributed by atoms with Gasteiger partial charge in [0.15, 0.2) is 5.96 Å². The highest BCUT2D eigenvalue weighted by atomic mass is 127. The fraction of sp³-hybridized carbons (Fsp3) is 0.455. The first-order valence-corrected chi connectivity index (χ1v) is 5.25. The van der Waals surface area contributed by atoms with E-state index in [9.17, 15) is 0 Å². The quantitative estimate of drug-likeness (QED) is 0.374. The molecule has 0 saturated carbocycles. The highest BCUT2D eigenvalue weighted by molar-refractivity contribution is 14.0. The molecule has 0 bridgehead atoms. The van der Waals surface area contributed by atoms with Crippen molar-refractivity contribution in [2.45, 2.75) is 26.3 Å². The third kappa shape index (κ3) is 6.60. The molecule has 1 rings (SSSR count). The van der Waals surface area contributed by atoms with Crippen molar-refractivity contribution in [2.24, 2.45) is 10.7 Å². The van der Waals surface area contributed by atoms with Crippen LogP contribution in [0.2, 0.25) is 0 Å². The SMILES string of the molecule is CCCCNC(N)=NCc1cccnc1.I. The maximum atomic E-state index is 5.68. The van der Waals surface area contributed by atoms with Crippen LogP contribution in [0.3, 0.4) is 0 Å². The average molecular weight is 334 g/mol. The summed E-state index contributed by atoms with van der Waals surface area (Å²) in [7, 11) is 0. The smallest absolute Gasteiger partial charge is 0.188 e. The van der Waals surface area contributed by atoms with Gasteiger partial charge in [-0.3, -0.25) is 4.98 Å². The highest BCUT2D eigenvalue weighted by Gasteiger charge is 1.92. The standard InChI is InChI=1S/C11H18N4.HI/c1-2-3-7-14-11(12)15-9-10-5-4-6-13-8-10;/h4-6,8H,2-3,7,9H2,1H3,(H3,12,14,15);1H. The van der Waals surface area contributed by atoms with Gasteiger partial charge < -0.3 is 11.1 Å². The Bertz CT molecular complexity index is 300. The lowest BCUT2D eigenvalue weighted by atomic mass is 10.3. The summed E-state index contributed by atoms with van der Waals surface area (Å²) < 4.78 is 0. The molecule has 5 heteroatoms. The molecule has 0 atom stereocenters. The summed E-state index contributed by atoms with van der Waals surface area (Å²) in [4.78, 5) is 8.22. The van der Waals surface area contributed by atoms with Gasteiger partial charge in [-0.15, -0.1) is 24.0 Å². The second kappa shape index (κ2) is 9.38. The van der Waals surface area contributed by atoms with E-state index >= 15 is 0 Å². The van der Waals surface area contributed by atoms with Gasteiger partial charge in [0.1, 0.15) is 0 Å². The first-order chi connectivity index (χ1) is 7.33. The van der Waals surface area contributed by atoms with E-state index in [0.717, 1.165) is 24.9 Å². The van der Waals surface area contributed by atoms with Gasteiger partial charge in [0.2, 0.25) is 0 Å². The number of hydrogen-bond donors (Lipinski definition) is 2. The molecule has 3 N–H and O–H groups in total. The van der Waals surface area contributed by atoms with Gasteiger partial charge in [-0.1, -0.05) is 19.4 Å². The Kier molecular flexibility index (Phi) is 8.88. The summed E-state index contributed by atoms with van der Waals surface area (Å²) in [6.45, 7) is 3.61. The van der Waals surface area contributed by atoms with Gasteiger partial charge in [0, 0.05) is 18.9 Å². The third-order valence-electron chi connectivity index (χ3n) is 1.99. The molecule has 0 aliphatic rings. The van der Waals surface area contributed by atoms with Crippen LogP contribution < -0.4 is 11.1 Å². The van der Waals surface area contributed by atoms with E-state index in [1.165, 1.54) is 0 Å². The number of nitrogens with one attached hydrogen (secondary N) is 1. The maximum absolute atomic E-state index is 5.68. The summed E-state index contributed by atoms with van der Waals surface area (Å²) in [6.07, 6.45) is 5.81. The molecular weight excluding hydrogens is 315 g/mol. The van der Waals surface area contributed by atoms with Crippen molar-refractivity contribution in [1.82, 2.24) is 10.3 Å². The van der Waals surface area contributed by atoms with Crippen molar-refractivity contribution in [2.75, 3.05) is 6.54 Å². The Morgan fingerprint density at radius 1 is 1.56 bits per heavy atom. The topological polar surface area (TPSA) is 63.3 Å². The molecule has 0 amide bonds. The van der Waals surface area contributed by atoms with Crippen molar-refractivity contribution in [3.8, 4) is 0 Å². The summed E-state index contributed by atoms with van der Waals surface area (Å²) in [5, 5.41) is 3.06. The van der Waals surface area contributed by atoms with E-state index in [1.54, 1.807) is 12.4 Å². The van der Waals surface area contributed by atoms with Gasteiger partial charge in [0.25, 0.3) is 0 Å². The van der Waals surface area contributed by atoms with Crippen LogP contribution in [0, 0.1) is 0 Å². The molecule has 1 aromatic heterocycles. The zero-order valence-corrected chi connectivity index (χ0v) is 11.8. The second-order valence-corrected chi connectivity index (χ2v) is 3.34. The summed E-state index contributed by atoms with van der Waals surface area (Å²) in [5.41, 5.74) is 6.75. The number of aliphatic imine (C=N–C) groups is 1. The fourth-order valence-electron chi connectivity index (χ4n) is 1.12. The van der Waals surface area contributed by atoms with E-state index in [2.05, 4.69) is 22.2 Å². The van der Waals surface area contributed by atoms with Crippen LogP contribution in [-0.2, 0) is 6.54 Å². The summed E-state index contributed by atoms with van der Waals surface area (Å²) >= 11 is 0. The van der Waals surface area contributed by atoms with Crippen molar-refractivity contribution in [3.05, 3.63) is 30.1 Å². The normalized spacial score (nSPS) is 10.7. The Balaban J connectivity index is 0.00000225. The van der Waals surface area contributed by atoms with Crippen LogP contribution >= 0.6 is 24.0 Å². The maximum Gasteiger partial charge on any atom is 0.188 e. The zero-order valence-electron chi connectivity index (χ0n) is 9.52. The number of hydrogen-bond acceptors (Lipinski definition) is 2. The molecule has 16 heavy (non-hydrogen) atoms. The van der Waals surface area contributed by atoms with Crippen LogP contribution in [0.15, 0.2) is 29.5 Å². The molecule has 0 saturated heterocycles. The van der Waals surface area contributed by atoms with Gasteiger partial charge in [0.05, 0.1) is 6.54 Å². The van der Waals surface area contributed by atoms with Crippen LogP contribution in [0.4, 0.5) is 0 Å². The second-order valence-electron chi connectivity index (χ2n) is 3.34. The Morgan fingerprint density at radius 3 is 3.00 bits per heavy atom. The minimum Gasteiger partial charge on any atom is -0.370 e. The largest absolute Gasteiger partial charge is 0.370 e. The molecule has 0 spiro atoms. The fourth-order valence-corrected chi connectivity index (χ4v) is 1.12. The first-order valence-electron chi connectivity index (χ1n) is 5.25. The summed E-state index contributed by atoms with van der Waals surface area (Å²) in [6, 6.07) is 3.88. The minimum absolute atomic E-state index is 0. The lowest BCUT2D eigenvalue weighted by Crippen LogP contribution is -2.32. The third-order valence-corrected chi connectivity index (χ3v) is 1.99. The molecule has 0 fully saturated rings. The van der Waals surface area contributed by atoms with Crippen LogP contribution in [0.25, 0.3) is 0 Å². The van der Waals surface area contributed by atoms with Crippen molar-refractivity contribution in [3.63, 3.8) is 0 Å². The van der Waals surface area contributed by atoms with Crippen LogP contribution in [-0.4, -0.2) is 17.5 Å². The van der Waals surface area contributed by atoms with E-state index in [1.807, 2.05) is 12.1 Å². The number of nitrogens with zero attached hydrogens (tertiary/aromatic N) is 2. The lowest BCUT2D eigenvalue weighted by Gasteiger charge is -2.03. The molecule has 0 aliphatic carbocycles. The molecule has 1 heterocycles. The number of unbranched alkanes of at least 4 members (excludes halogenated alkanes) is 1. The average Bonchev–Trinajstić information content (AvgIpc) is 2.28. The lowest BCUT2D eigenvalue weighted by molar-refractivity contribution is 0.748. The predicted octanol–water partition coefficient (Wildman–Crippen LogP) is 1.90. The summed E-state index contributed by atoms with van der Waals surface area (Å²) in [5.74, 6) is 0.507. The first kappa shape index (κ1) is 15.2. The van der Waals surface area contributed by atoms with E-state index in [0.29, 0.717) is 12.5 Å². The van der Waals surface area contributed by atoms with Gasteiger partial charge in [-0.05, 0) is 18.1 Å². The Hall–Kier alpha value is -0.850. The number of nitrogens with two attached hydrogens (primary N) is 1. The van der Waals surface area contributed by atoms with Gasteiger partial charge in [-0.25, -0.2) is 4.99 Å². The van der Waals surface area contributed by atoms with E-state index in [4.69, 9.17) is 5.73 Å². The van der Waals surface area contributed by atoms with Gasteiger partial charge >= 0.3 is 0 Å². The molecule has 0 unspecified atom stereocenters. The molecule has 4 nitrogen and oxygen atoms in total. The highest BCUT2D eigenvalue weighted by Crippen LogP contribution is 1.96. The Morgan fingerprint density at radius 2 is 2.38 bits per heavy atom. The molecule has 1 aromatic rings. The number of aromatic nitrogens is 1. The number of pyridine rings is 1. The number of guanidine groups is 1. The minimum atomic E-state index is 0. The predicted molar refractivity (Wildman–Crippen MR) is 77.9 cm³/mol. The Labute approximate surface area is 114 Å². The van der Waals surface area contributed by atoms with Crippen LogP contribution in [0.1, 0.15) is 25.3 Å². The molecular formula is C11H19IN4. The number of rotatable bonds is 5. The van der Waals surface area contributed by atoms with E-state index < -0.39 is 0 Å². The van der Waals surface area contributed by atoms with E-state index in [-0.39, 0.29) is 24.0 Å². The van der Waals surface area contributed by atoms with Crippen molar-refractivity contribution < 1.29 is 0 Å². The molecule has 90 valence electrons. The zero-order chi connectivity index (χ0) is 10.9. The monoisotopic (exact) mass is 334 g/mol. The molecule has 0 aliphatic heterocycles. The molecule has 0 aromatic carbocycles.